The highest BCUT2D eigenvalue weighted by Gasteiger charge is 2.50. The van der Waals surface area contributed by atoms with Crippen LogP contribution in [0.3, 0.4) is 0 Å². The molecule has 4 heteroatoms. The van der Waals surface area contributed by atoms with Gasteiger partial charge in [-0.3, -0.25) is 4.79 Å². The van der Waals surface area contributed by atoms with Crippen LogP contribution in [0.15, 0.2) is 24.3 Å². The van der Waals surface area contributed by atoms with Crippen LogP contribution in [0.5, 0.6) is 5.75 Å². The maximum atomic E-state index is 10.9. The summed E-state index contributed by atoms with van der Waals surface area (Å²) in [6.45, 7) is 2.40. The molecular formula is C17H24NO3+. The van der Waals surface area contributed by atoms with Gasteiger partial charge in [0.2, 0.25) is 0 Å². The minimum absolute atomic E-state index is 0.111. The summed E-state index contributed by atoms with van der Waals surface area (Å²) in [6, 6.07) is 8.98. The minimum Gasteiger partial charge on any atom is -0.427 e. The molecular weight excluding hydrogens is 266 g/mol. The first kappa shape index (κ1) is 14.5. The summed E-state index contributed by atoms with van der Waals surface area (Å²) in [7, 11) is 2.33. The third kappa shape index (κ3) is 2.83. The molecule has 2 unspecified atom stereocenters. The maximum Gasteiger partial charge on any atom is 0.308 e. The number of nitrogens with zero attached hydrogens (tertiary/aromatic N) is 1. The van der Waals surface area contributed by atoms with E-state index in [1.165, 1.54) is 25.3 Å². The number of ether oxygens (including phenoxy) is 1. The second-order valence-electron chi connectivity index (χ2n) is 6.75. The van der Waals surface area contributed by atoms with Crippen molar-refractivity contribution in [3.63, 3.8) is 0 Å². The molecule has 0 aromatic heterocycles. The van der Waals surface area contributed by atoms with E-state index >= 15 is 0 Å². The molecule has 0 spiro atoms. The zero-order valence-corrected chi connectivity index (χ0v) is 12.8. The molecule has 2 heterocycles. The molecule has 2 aliphatic rings. The Morgan fingerprint density at radius 1 is 1.24 bits per heavy atom. The van der Waals surface area contributed by atoms with Crippen molar-refractivity contribution >= 4 is 5.97 Å². The molecule has 21 heavy (non-hydrogen) atoms. The van der Waals surface area contributed by atoms with Gasteiger partial charge in [0, 0.05) is 38.2 Å². The van der Waals surface area contributed by atoms with Crippen molar-refractivity contribution in [3.05, 3.63) is 29.8 Å². The maximum absolute atomic E-state index is 10.9. The first-order valence-corrected chi connectivity index (χ1v) is 7.77. The molecule has 0 amide bonds. The van der Waals surface area contributed by atoms with Crippen molar-refractivity contribution in [1.82, 2.24) is 0 Å². The molecule has 1 N–H and O–H groups in total. The number of piperidine rings is 1. The van der Waals surface area contributed by atoms with Crippen LogP contribution in [0.4, 0.5) is 0 Å². The van der Waals surface area contributed by atoms with Gasteiger partial charge in [0.15, 0.2) is 0 Å². The lowest BCUT2D eigenvalue weighted by Gasteiger charge is -2.46. The summed E-state index contributed by atoms with van der Waals surface area (Å²) in [4.78, 5) is 10.9. The molecule has 0 radical (unpaired) electrons. The van der Waals surface area contributed by atoms with Crippen molar-refractivity contribution in [1.29, 1.82) is 0 Å². The van der Waals surface area contributed by atoms with E-state index in [2.05, 4.69) is 7.05 Å². The number of rotatable bonds is 3. The molecule has 0 saturated carbocycles. The van der Waals surface area contributed by atoms with E-state index in [0.717, 1.165) is 23.9 Å². The third-order valence-corrected chi connectivity index (χ3v) is 5.30. The van der Waals surface area contributed by atoms with Crippen LogP contribution in [0.1, 0.15) is 38.2 Å². The van der Waals surface area contributed by atoms with Gasteiger partial charge in [-0.05, 0) is 24.3 Å². The highest BCUT2D eigenvalue weighted by molar-refractivity contribution is 5.69. The largest absolute Gasteiger partial charge is 0.427 e. The fraction of sp³-hybridized carbons (Fsp3) is 0.588. The number of carbonyl (C=O) groups excluding carboxylic acids is 1. The van der Waals surface area contributed by atoms with Gasteiger partial charge in [0.25, 0.3) is 0 Å². The highest BCUT2D eigenvalue weighted by Crippen LogP contribution is 2.42. The van der Waals surface area contributed by atoms with Gasteiger partial charge in [0.1, 0.15) is 12.3 Å². The van der Waals surface area contributed by atoms with Crippen LogP contribution in [-0.4, -0.2) is 40.8 Å². The fourth-order valence-corrected chi connectivity index (χ4v) is 4.19. The zero-order chi connectivity index (χ0) is 15.0. The zero-order valence-electron chi connectivity index (χ0n) is 12.8. The second kappa shape index (κ2) is 5.43. The molecule has 3 rings (SSSR count). The number of benzene rings is 1. The number of esters is 1. The Balaban J connectivity index is 1.73. The van der Waals surface area contributed by atoms with Crippen LogP contribution in [0, 0.1) is 0 Å². The third-order valence-electron chi connectivity index (χ3n) is 5.30. The first-order chi connectivity index (χ1) is 9.97. The number of aliphatic hydroxyl groups excluding tert-OH is 1. The molecule has 0 aliphatic carbocycles. The lowest BCUT2D eigenvalue weighted by atomic mass is 9.96. The number of hydrogen-bond acceptors (Lipinski definition) is 3. The summed E-state index contributed by atoms with van der Waals surface area (Å²) >= 11 is 0. The fourth-order valence-electron chi connectivity index (χ4n) is 4.19. The monoisotopic (exact) mass is 290 g/mol. The Morgan fingerprint density at radius 3 is 2.33 bits per heavy atom. The van der Waals surface area contributed by atoms with Gasteiger partial charge in [0.05, 0.1) is 25.2 Å². The van der Waals surface area contributed by atoms with Crippen LogP contribution in [0.25, 0.3) is 0 Å². The van der Waals surface area contributed by atoms with Crippen molar-refractivity contribution in [2.45, 2.75) is 57.3 Å². The van der Waals surface area contributed by atoms with Gasteiger partial charge < -0.3 is 14.3 Å². The van der Waals surface area contributed by atoms with Crippen LogP contribution in [-0.2, 0) is 11.3 Å². The van der Waals surface area contributed by atoms with Crippen LogP contribution in [0.2, 0.25) is 0 Å². The van der Waals surface area contributed by atoms with Gasteiger partial charge in [-0.15, -0.1) is 0 Å². The van der Waals surface area contributed by atoms with Crippen molar-refractivity contribution in [2.75, 3.05) is 7.05 Å². The van der Waals surface area contributed by atoms with Gasteiger partial charge in [-0.1, -0.05) is 0 Å². The molecule has 2 fully saturated rings. The number of fused-ring (bicyclic) bond motifs is 2. The Labute approximate surface area is 125 Å². The van der Waals surface area contributed by atoms with E-state index in [4.69, 9.17) is 4.74 Å². The SMILES string of the molecule is CC(=O)Oc1ccc(C[N+]2(C)C3CCC2CC(O)C3)cc1. The van der Waals surface area contributed by atoms with Crippen LogP contribution < -0.4 is 4.74 Å². The lowest BCUT2D eigenvalue weighted by Crippen LogP contribution is -2.57. The number of carbonyl (C=O) groups is 1. The number of aliphatic hydroxyl groups is 1. The molecule has 2 atom stereocenters. The molecule has 1 aromatic rings. The van der Waals surface area contributed by atoms with Crippen molar-refractivity contribution in [3.8, 4) is 5.75 Å². The Bertz CT molecular complexity index is 511. The summed E-state index contributed by atoms with van der Waals surface area (Å²) in [6.07, 6.45) is 4.20. The summed E-state index contributed by atoms with van der Waals surface area (Å²) in [5.41, 5.74) is 1.27. The van der Waals surface area contributed by atoms with E-state index in [9.17, 15) is 9.90 Å². The average molecular weight is 290 g/mol. The van der Waals surface area contributed by atoms with E-state index in [1.54, 1.807) is 0 Å². The Kier molecular flexibility index (Phi) is 3.76. The highest BCUT2D eigenvalue weighted by atomic mass is 16.5. The molecule has 1 aromatic carbocycles. The van der Waals surface area contributed by atoms with E-state index < -0.39 is 0 Å². The summed E-state index contributed by atoms with van der Waals surface area (Å²) in [5, 5.41) is 9.95. The standard InChI is InChI=1S/C17H24NO3/c1-12(19)21-17-7-3-13(4-8-17)11-18(2)14-5-6-15(18)10-16(20)9-14/h3-4,7-8,14-16,20H,5-6,9-11H2,1-2H3/q+1. The molecule has 2 bridgehead atoms. The molecule has 114 valence electrons. The molecule has 2 saturated heterocycles. The lowest BCUT2D eigenvalue weighted by molar-refractivity contribution is -0.961. The van der Waals surface area contributed by atoms with Crippen molar-refractivity contribution < 1.29 is 19.1 Å². The van der Waals surface area contributed by atoms with Gasteiger partial charge in [-0.2, -0.15) is 0 Å². The summed E-state index contributed by atoms with van der Waals surface area (Å²) < 4.78 is 6.12. The molecule has 4 nitrogen and oxygen atoms in total. The molecule has 2 aliphatic heterocycles. The quantitative estimate of drug-likeness (QED) is 0.527. The Hall–Kier alpha value is -1.39. The van der Waals surface area contributed by atoms with Crippen LogP contribution >= 0.6 is 0 Å². The van der Waals surface area contributed by atoms with Crippen molar-refractivity contribution in [2.24, 2.45) is 0 Å². The minimum atomic E-state index is -0.287. The predicted octanol–water partition coefficient (Wildman–Crippen LogP) is 2.24. The second-order valence-corrected chi connectivity index (χ2v) is 6.75. The topological polar surface area (TPSA) is 46.5 Å². The Morgan fingerprint density at radius 2 is 1.81 bits per heavy atom. The summed E-state index contributed by atoms with van der Waals surface area (Å²) in [5.74, 6) is 0.316. The smallest absolute Gasteiger partial charge is 0.308 e. The van der Waals surface area contributed by atoms with E-state index in [-0.39, 0.29) is 12.1 Å². The normalized spacial score (nSPS) is 34.7. The average Bonchev–Trinajstić information content (AvgIpc) is 2.61. The number of hydrogen-bond donors (Lipinski definition) is 1. The van der Waals surface area contributed by atoms with Gasteiger partial charge in [-0.25, -0.2) is 0 Å². The van der Waals surface area contributed by atoms with E-state index in [0.29, 0.717) is 17.8 Å². The van der Waals surface area contributed by atoms with E-state index in [1.807, 2.05) is 24.3 Å². The number of quaternary nitrogens is 1. The predicted molar refractivity (Wildman–Crippen MR) is 79.7 cm³/mol. The van der Waals surface area contributed by atoms with Gasteiger partial charge >= 0.3 is 5.97 Å². The first-order valence-electron chi connectivity index (χ1n) is 7.77.